The second kappa shape index (κ2) is 5.57. The summed E-state index contributed by atoms with van der Waals surface area (Å²) in [6.07, 6.45) is 0. The van der Waals surface area contributed by atoms with Gasteiger partial charge >= 0.3 is 0 Å². The molecule has 0 heterocycles. The molecule has 0 aliphatic carbocycles. The van der Waals surface area contributed by atoms with Gasteiger partial charge in [-0.2, -0.15) is 0 Å². The molecular weight excluding hydrogens is 188 g/mol. The summed E-state index contributed by atoms with van der Waals surface area (Å²) < 4.78 is 24.4. The number of nitrogens with two attached hydrogens (primary N) is 1. The number of sulfonamides is 1. The van der Waals surface area contributed by atoms with Crippen molar-refractivity contribution in [2.24, 2.45) is 11.7 Å². The van der Waals surface area contributed by atoms with Gasteiger partial charge in [0.25, 0.3) is 0 Å². The van der Waals surface area contributed by atoms with E-state index >= 15 is 0 Å². The molecule has 0 aromatic heterocycles. The lowest BCUT2D eigenvalue weighted by molar-refractivity contribution is 0.371. The third kappa shape index (κ3) is 4.06. The predicted molar refractivity (Wildman–Crippen MR) is 54.9 cm³/mol. The van der Waals surface area contributed by atoms with Crippen LogP contribution in [-0.4, -0.2) is 38.1 Å². The van der Waals surface area contributed by atoms with Gasteiger partial charge in [-0.3, -0.25) is 0 Å². The number of hydrogen-bond acceptors (Lipinski definition) is 3. The molecule has 80 valence electrons. The van der Waals surface area contributed by atoms with Crippen LogP contribution in [0.15, 0.2) is 0 Å². The Labute approximate surface area is 81.2 Å². The minimum Gasteiger partial charge on any atom is -0.330 e. The maximum Gasteiger partial charge on any atom is 0.213 e. The topological polar surface area (TPSA) is 63.4 Å². The van der Waals surface area contributed by atoms with Gasteiger partial charge in [0.1, 0.15) is 0 Å². The first kappa shape index (κ1) is 12.9. The summed E-state index contributed by atoms with van der Waals surface area (Å²) >= 11 is 0. The second-order valence-corrected chi connectivity index (χ2v) is 5.45. The fourth-order valence-corrected chi connectivity index (χ4v) is 2.28. The zero-order chi connectivity index (χ0) is 10.5. The molecule has 2 N–H and O–H groups in total. The summed E-state index contributed by atoms with van der Waals surface area (Å²) in [4.78, 5) is 0. The lowest BCUT2D eigenvalue weighted by atomic mass is 10.2. The minimum atomic E-state index is -3.04. The van der Waals surface area contributed by atoms with Crippen LogP contribution in [-0.2, 0) is 10.0 Å². The van der Waals surface area contributed by atoms with Crippen LogP contribution in [0.3, 0.4) is 0 Å². The first-order valence-corrected chi connectivity index (χ1v) is 6.26. The van der Waals surface area contributed by atoms with Gasteiger partial charge < -0.3 is 5.73 Å². The first-order valence-electron chi connectivity index (χ1n) is 4.65. The Morgan fingerprint density at radius 3 is 2.23 bits per heavy atom. The van der Waals surface area contributed by atoms with Crippen molar-refractivity contribution in [2.75, 3.05) is 25.4 Å². The van der Waals surface area contributed by atoms with Crippen molar-refractivity contribution in [3.8, 4) is 0 Å². The first-order chi connectivity index (χ1) is 5.97. The molecule has 0 saturated carbocycles. The average molecular weight is 208 g/mol. The van der Waals surface area contributed by atoms with Gasteiger partial charge in [-0.05, 0) is 19.4 Å². The molecule has 0 aromatic carbocycles. The average Bonchev–Trinajstić information content (AvgIpc) is 2.13. The summed E-state index contributed by atoms with van der Waals surface area (Å²) in [5.41, 5.74) is 5.44. The zero-order valence-corrected chi connectivity index (χ0v) is 9.47. The maximum atomic E-state index is 11.5. The highest BCUT2D eigenvalue weighted by Gasteiger charge is 2.19. The van der Waals surface area contributed by atoms with E-state index in [-0.39, 0.29) is 11.7 Å². The molecular formula is C8H20N2O2S. The van der Waals surface area contributed by atoms with E-state index in [1.165, 1.54) is 4.31 Å². The fourth-order valence-electron chi connectivity index (χ4n) is 1.04. The van der Waals surface area contributed by atoms with E-state index in [1.54, 1.807) is 6.92 Å². The molecule has 1 unspecified atom stereocenters. The number of rotatable bonds is 6. The predicted octanol–water partition coefficient (Wildman–Crippen LogP) is 0.253. The monoisotopic (exact) mass is 208 g/mol. The van der Waals surface area contributed by atoms with Gasteiger partial charge in [0.2, 0.25) is 10.0 Å². The van der Waals surface area contributed by atoms with Gasteiger partial charge in [-0.15, -0.1) is 0 Å². The SMILES string of the molecule is CCN(CC(C)CN)S(=O)(=O)CC. The van der Waals surface area contributed by atoms with Crippen LogP contribution < -0.4 is 5.73 Å². The lowest BCUT2D eigenvalue weighted by Crippen LogP contribution is -2.37. The molecule has 13 heavy (non-hydrogen) atoms. The van der Waals surface area contributed by atoms with Crippen LogP contribution >= 0.6 is 0 Å². The minimum absolute atomic E-state index is 0.165. The van der Waals surface area contributed by atoms with E-state index in [2.05, 4.69) is 0 Å². The van der Waals surface area contributed by atoms with Crippen LogP contribution in [0.4, 0.5) is 0 Å². The smallest absolute Gasteiger partial charge is 0.213 e. The van der Waals surface area contributed by atoms with E-state index < -0.39 is 10.0 Å². The zero-order valence-electron chi connectivity index (χ0n) is 8.66. The lowest BCUT2D eigenvalue weighted by Gasteiger charge is -2.22. The van der Waals surface area contributed by atoms with Crippen molar-refractivity contribution in [1.82, 2.24) is 4.31 Å². The van der Waals surface area contributed by atoms with Crippen molar-refractivity contribution in [1.29, 1.82) is 0 Å². The summed E-state index contributed by atoms with van der Waals surface area (Å²) in [5, 5.41) is 0. The molecule has 0 rings (SSSR count). The Balaban J connectivity index is 4.35. The third-order valence-corrected chi connectivity index (χ3v) is 3.95. The van der Waals surface area contributed by atoms with E-state index in [4.69, 9.17) is 5.73 Å². The van der Waals surface area contributed by atoms with Gasteiger partial charge in [-0.25, -0.2) is 12.7 Å². The van der Waals surface area contributed by atoms with Gasteiger partial charge in [-0.1, -0.05) is 13.8 Å². The summed E-state index contributed by atoms with van der Waals surface area (Å²) in [6.45, 7) is 7.04. The van der Waals surface area contributed by atoms with E-state index in [9.17, 15) is 8.42 Å². The summed E-state index contributed by atoms with van der Waals surface area (Å²) in [6, 6.07) is 0. The third-order valence-electron chi connectivity index (χ3n) is 2.03. The fraction of sp³-hybridized carbons (Fsp3) is 1.00. The van der Waals surface area contributed by atoms with Gasteiger partial charge in [0.05, 0.1) is 5.75 Å². The molecule has 0 spiro atoms. The Morgan fingerprint density at radius 2 is 1.92 bits per heavy atom. The summed E-state index contributed by atoms with van der Waals surface area (Å²) in [7, 11) is -3.04. The van der Waals surface area contributed by atoms with E-state index in [0.29, 0.717) is 19.6 Å². The number of nitrogens with zero attached hydrogens (tertiary/aromatic N) is 1. The highest BCUT2D eigenvalue weighted by Crippen LogP contribution is 2.05. The molecule has 1 atom stereocenters. The second-order valence-electron chi connectivity index (χ2n) is 3.19. The Kier molecular flexibility index (Phi) is 5.51. The molecule has 0 aliphatic rings. The normalized spacial score (nSPS) is 14.8. The van der Waals surface area contributed by atoms with Crippen LogP contribution in [0.2, 0.25) is 0 Å². The van der Waals surface area contributed by atoms with Crippen LogP contribution in [0.1, 0.15) is 20.8 Å². The molecule has 0 aliphatic heterocycles. The van der Waals surface area contributed by atoms with Gasteiger partial charge in [0.15, 0.2) is 0 Å². The largest absolute Gasteiger partial charge is 0.330 e. The highest BCUT2D eigenvalue weighted by molar-refractivity contribution is 7.89. The van der Waals surface area contributed by atoms with Crippen molar-refractivity contribution >= 4 is 10.0 Å². The quantitative estimate of drug-likeness (QED) is 0.680. The molecule has 0 radical (unpaired) electrons. The van der Waals surface area contributed by atoms with Crippen LogP contribution in [0.25, 0.3) is 0 Å². The van der Waals surface area contributed by atoms with Crippen molar-refractivity contribution < 1.29 is 8.42 Å². The van der Waals surface area contributed by atoms with Crippen molar-refractivity contribution in [3.05, 3.63) is 0 Å². The standard InChI is InChI=1S/C8H20N2O2S/c1-4-10(7-8(3)6-9)13(11,12)5-2/h8H,4-7,9H2,1-3H3. The Bertz CT molecular complexity index is 226. The maximum absolute atomic E-state index is 11.5. The molecule has 0 aromatic rings. The van der Waals surface area contributed by atoms with Crippen LogP contribution in [0, 0.1) is 5.92 Å². The molecule has 5 heteroatoms. The highest BCUT2D eigenvalue weighted by atomic mass is 32.2. The number of hydrogen-bond donors (Lipinski definition) is 1. The molecule has 0 amide bonds. The Hall–Kier alpha value is -0.130. The molecule has 0 saturated heterocycles. The molecule has 0 bridgehead atoms. The molecule has 4 nitrogen and oxygen atoms in total. The van der Waals surface area contributed by atoms with Crippen molar-refractivity contribution in [2.45, 2.75) is 20.8 Å². The molecule has 0 fully saturated rings. The van der Waals surface area contributed by atoms with Crippen LogP contribution in [0.5, 0.6) is 0 Å². The van der Waals surface area contributed by atoms with E-state index in [0.717, 1.165) is 0 Å². The Morgan fingerprint density at radius 1 is 1.38 bits per heavy atom. The van der Waals surface area contributed by atoms with Gasteiger partial charge in [0, 0.05) is 13.1 Å². The van der Waals surface area contributed by atoms with Crippen molar-refractivity contribution in [3.63, 3.8) is 0 Å². The van der Waals surface area contributed by atoms with E-state index in [1.807, 2.05) is 13.8 Å². The summed E-state index contributed by atoms with van der Waals surface area (Å²) in [5.74, 6) is 0.388.